The molecular weight excluding hydrogens is 212 g/mol. The molecule has 0 aromatic heterocycles. The SMILES string of the molecule is CC1=C2C(O)CC(C)C2C2C(CC1=O)C2(C)C. The first-order chi connectivity index (χ1) is 7.85. The second-order valence-corrected chi connectivity index (χ2v) is 6.92. The molecule has 0 aliphatic heterocycles. The van der Waals surface area contributed by atoms with E-state index in [0.717, 1.165) is 17.6 Å². The minimum Gasteiger partial charge on any atom is -0.389 e. The maximum absolute atomic E-state index is 12.2. The number of carbonyl (C=O) groups excluding carboxylic acids is 1. The minimum atomic E-state index is -0.367. The molecule has 0 radical (unpaired) electrons. The molecule has 1 N–H and O–H groups in total. The first kappa shape index (κ1) is 11.5. The van der Waals surface area contributed by atoms with Gasteiger partial charge in [-0.25, -0.2) is 0 Å². The van der Waals surface area contributed by atoms with Crippen molar-refractivity contribution >= 4 is 5.78 Å². The summed E-state index contributed by atoms with van der Waals surface area (Å²) in [7, 11) is 0. The zero-order valence-electron chi connectivity index (χ0n) is 11.2. The lowest BCUT2D eigenvalue weighted by Crippen LogP contribution is -2.17. The van der Waals surface area contributed by atoms with Gasteiger partial charge in [-0.1, -0.05) is 20.8 Å². The van der Waals surface area contributed by atoms with Gasteiger partial charge < -0.3 is 5.11 Å². The molecule has 2 fully saturated rings. The van der Waals surface area contributed by atoms with Crippen LogP contribution in [0.2, 0.25) is 0 Å². The van der Waals surface area contributed by atoms with E-state index < -0.39 is 0 Å². The van der Waals surface area contributed by atoms with Crippen molar-refractivity contribution in [2.24, 2.45) is 29.1 Å². The predicted molar refractivity (Wildman–Crippen MR) is 66.4 cm³/mol. The van der Waals surface area contributed by atoms with E-state index in [1.54, 1.807) is 0 Å². The van der Waals surface area contributed by atoms with Gasteiger partial charge in [0, 0.05) is 6.42 Å². The summed E-state index contributed by atoms with van der Waals surface area (Å²) in [5, 5.41) is 10.2. The highest BCUT2D eigenvalue weighted by Crippen LogP contribution is 2.69. The van der Waals surface area contributed by atoms with Crippen molar-refractivity contribution in [1.82, 2.24) is 0 Å². The molecule has 2 nitrogen and oxygen atoms in total. The van der Waals surface area contributed by atoms with E-state index in [2.05, 4.69) is 20.8 Å². The van der Waals surface area contributed by atoms with Crippen LogP contribution in [0.5, 0.6) is 0 Å². The van der Waals surface area contributed by atoms with Gasteiger partial charge in [-0.15, -0.1) is 0 Å². The van der Waals surface area contributed by atoms with Crippen LogP contribution in [0.4, 0.5) is 0 Å². The maximum Gasteiger partial charge on any atom is 0.158 e. The number of hydrogen-bond donors (Lipinski definition) is 1. The molecule has 5 unspecified atom stereocenters. The van der Waals surface area contributed by atoms with E-state index in [0.29, 0.717) is 35.5 Å². The summed E-state index contributed by atoms with van der Waals surface area (Å²) in [4.78, 5) is 12.2. The van der Waals surface area contributed by atoms with Gasteiger partial charge in [-0.05, 0) is 53.6 Å². The highest BCUT2D eigenvalue weighted by atomic mass is 16.3. The van der Waals surface area contributed by atoms with Crippen molar-refractivity contribution in [2.45, 2.75) is 46.6 Å². The Morgan fingerprint density at radius 3 is 2.65 bits per heavy atom. The van der Waals surface area contributed by atoms with E-state index in [-0.39, 0.29) is 11.9 Å². The molecule has 3 aliphatic carbocycles. The molecule has 0 aromatic carbocycles. The molecule has 17 heavy (non-hydrogen) atoms. The van der Waals surface area contributed by atoms with Crippen LogP contribution in [0.1, 0.15) is 40.5 Å². The summed E-state index contributed by atoms with van der Waals surface area (Å²) >= 11 is 0. The van der Waals surface area contributed by atoms with Crippen LogP contribution < -0.4 is 0 Å². The Morgan fingerprint density at radius 2 is 2.00 bits per heavy atom. The normalized spacial score (nSPS) is 47.6. The Morgan fingerprint density at radius 1 is 1.35 bits per heavy atom. The average Bonchev–Trinajstić information content (AvgIpc) is 2.65. The van der Waals surface area contributed by atoms with Gasteiger partial charge in [0.1, 0.15) is 0 Å². The van der Waals surface area contributed by atoms with E-state index in [4.69, 9.17) is 0 Å². The molecule has 94 valence electrons. The number of carbonyl (C=O) groups is 1. The quantitative estimate of drug-likeness (QED) is 0.699. The molecule has 3 rings (SSSR count). The number of allylic oxidation sites excluding steroid dienone is 1. The van der Waals surface area contributed by atoms with Crippen molar-refractivity contribution in [3.05, 3.63) is 11.1 Å². The number of fused-ring (bicyclic) bond motifs is 3. The van der Waals surface area contributed by atoms with Crippen LogP contribution >= 0.6 is 0 Å². The number of aliphatic hydroxyl groups excluding tert-OH is 1. The van der Waals surface area contributed by atoms with Gasteiger partial charge >= 0.3 is 0 Å². The summed E-state index contributed by atoms with van der Waals surface area (Å²) in [6.45, 7) is 8.72. The van der Waals surface area contributed by atoms with Crippen LogP contribution in [0.25, 0.3) is 0 Å². The second-order valence-electron chi connectivity index (χ2n) is 6.92. The number of hydrogen-bond acceptors (Lipinski definition) is 2. The van der Waals surface area contributed by atoms with Gasteiger partial charge in [0.05, 0.1) is 6.10 Å². The number of ketones is 1. The van der Waals surface area contributed by atoms with Crippen LogP contribution in [-0.2, 0) is 4.79 Å². The fourth-order valence-electron chi connectivity index (χ4n) is 4.61. The van der Waals surface area contributed by atoms with Crippen molar-refractivity contribution in [2.75, 3.05) is 0 Å². The molecular formula is C15H22O2. The molecule has 2 saturated carbocycles. The Bertz CT molecular complexity index is 419. The first-order valence-electron chi connectivity index (χ1n) is 6.77. The summed E-state index contributed by atoms with van der Waals surface area (Å²) in [5.74, 6) is 2.41. The Hall–Kier alpha value is -0.630. The lowest BCUT2D eigenvalue weighted by Gasteiger charge is -2.20. The maximum atomic E-state index is 12.2. The minimum absolute atomic E-state index is 0.274. The third-order valence-corrected chi connectivity index (χ3v) is 5.71. The smallest absolute Gasteiger partial charge is 0.158 e. The predicted octanol–water partition coefficient (Wildman–Crippen LogP) is 2.56. The summed E-state index contributed by atoms with van der Waals surface area (Å²) < 4.78 is 0. The topological polar surface area (TPSA) is 37.3 Å². The number of rotatable bonds is 0. The molecule has 0 spiro atoms. The second kappa shape index (κ2) is 3.23. The highest BCUT2D eigenvalue weighted by Gasteiger charge is 2.65. The lowest BCUT2D eigenvalue weighted by molar-refractivity contribution is -0.116. The van der Waals surface area contributed by atoms with Crippen molar-refractivity contribution in [1.29, 1.82) is 0 Å². The number of Topliss-reactive ketones (excluding diaryl/α,β-unsaturated/α-hetero) is 1. The molecule has 0 amide bonds. The lowest BCUT2D eigenvalue weighted by atomic mass is 9.84. The fourth-order valence-corrected chi connectivity index (χ4v) is 4.61. The summed E-state index contributed by atoms with van der Waals surface area (Å²) in [6.07, 6.45) is 1.17. The molecule has 5 atom stereocenters. The summed E-state index contributed by atoms with van der Waals surface area (Å²) in [6, 6.07) is 0. The van der Waals surface area contributed by atoms with Gasteiger partial charge in [-0.2, -0.15) is 0 Å². The average molecular weight is 234 g/mol. The van der Waals surface area contributed by atoms with E-state index in [1.165, 1.54) is 0 Å². The fraction of sp³-hybridized carbons (Fsp3) is 0.800. The largest absolute Gasteiger partial charge is 0.389 e. The molecule has 0 aromatic rings. The van der Waals surface area contributed by atoms with Crippen LogP contribution in [0.15, 0.2) is 11.1 Å². The van der Waals surface area contributed by atoms with Crippen LogP contribution in [0.3, 0.4) is 0 Å². The van der Waals surface area contributed by atoms with Gasteiger partial charge in [0.15, 0.2) is 5.78 Å². The van der Waals surface area contributed by atoms with E-state index in [9.17, 15) is 9.90 Å². The molecule has 3 aliphatic rings. The Balaban J connectivity index is 2.10. The Labute approximate surface area is 103 Å². The molecule has 0 saturated heterocycles. The van der Waals surface area contributed by atoms with Crippen LogP contribution in [-0.4, -0.2) is 17.0 Å². The van der Waals surface area contributed by atoms with Gasteiger partial charge in [0.25, 0.3) is 0 Å². The van der Waals surface area contributed by atoms with Crippen molar-refractivity contribution in [3.8, 4) is 0 Å². The van der Waals surface area contributed by atoms with E-state index >= 15 is 0 Å². The standard InChI is InChI=1S/C15H22O2/c1-7-5-11(17)13-8(2)10(16)6-9-14(12(7)13)15(9,3)4/h7,9,11-12,14,17H,5-6H2,1-4H3. The third kappa shape index (κ3) is 1.33. The zero-order valence-corrected chi connectivity index (χ0v) is 11.2. The van der Waals surface area contributed by atoms with E-state index in [1.807, 2.05) is 6.92 Å². The van der Waals surface area contributed by atoms with Crippen molar-refractivity contribution < 1.29 is 9.90 Å². The van der Waals surface area contributed by atoms with Gasteiger partial charge in [0.2, 0.25) is 0 Å². The zero-order chi connectivity index (χ0) is 12.5. The monoisotopic (exact) mass is 234 g/mol. The Kier molecular flexibility index (Phi) is 2.17. The van der Waals surface area contributed by atoms with Crippen LogP contribution in [0, 0.1) is 29.1 Å². The van der Waals surface area contributed by atoms with Crippen molar-refractivity contribution in [3.63, 3.8) is 0 Å². The molecule has 2 heteroatoms. The highest BCUT2D eigenvalue weighted by molar-refractivity contribution is 5.97. The third-order valence-electron chi connectivity index (χ3n) is 5.71. The molecule has 0 bridgehead atoms. The van der Waals surface area contributed by atoms with Gasteiger partial charge in [-0.3, -0.25) is 4.79 Å². The molecule has 0 heterocycles. The summed E-state index contributed by atoms with van der Waals surface area (Å²) in [5.41, 5.74) is 2.25. The number of aliphatic hydroxyl groups is 1. The first-order valence-corrected chi connectivity index (χ1v) is 6.77.